The molecule has 1 heterocycles. The summed E-state index contributed by atoms with van der Waals surface area (Å²) in [5.41, 5.74) is 1.17. The molecule has 3 rings (SSSR count). The first-order valence-electron chi connectivity index (χ1n) is 6.86. The molecule has 0 unspecified atom stereocenters. The van der Waals surface area contributed by atoms with Gasteiger partial charge in [0.15, 0.2) is 4.32 Å². The van der Waals surface area contributed by atoms with E-state index in [0.717, 1.165) is 11.8 Å². The number of carboxylic acid groups (broad SMARTS) is 1. The van der Waals surface area contributed by atoms with Crippen LogP contribution in [-0.4, -0.2) is 26.4 Å². The Hall–Kier alpha value is -2.64. The van der Waals surface area contributed by atoms with E-state index in [-0.39, 0.29) is 17.2 Å². The molecule has 7 heteroatoms. The summed E-state index contributed by atoms with van der Waals surface area (Å²) in [6.45, 7) is 0. The summed E-state index contributed by atoms with van der Waals surface area (Å²) < 4.78 is 0.328. The molecule has 0 aliphatic carbocycles. The maximum Gasteiger partial charge on any atom is 0.335 e. The van der Waals surface area contributed by atoms with Gasteiger partial charge < -0.3 is 10.2 Å². The summed E-state index contributed by atoms with van der Waals surface area (Å²) in [6, 6.07) is 12.6. The van der Waals surface area contributed by atoms with Gasteiger partial charge in [-0.2, -0.15) is 0 Å². The fourth-order valence-electron chi connectivity index (χ4n) is 2.23. The van der Waals surface area contributed by atoms with Gasteiger partial charge in [-0.05, 0) is 42.0 Å². The number of benzene rings is 2. The molecule has 2 aromatic carbocycles. The van der Waals surface area contributed by atoms with Gasteiger partial charge in [0.2, 0.25) is 0 Å². The molecule has 0 saturated carbocycles. The molecule has 2 aromatic rings. The third kappa shape index (κ3) is 3.17. The van der Waals surface area contributed by atoms with Gasteiger partial charge in [0.25, 0.3) is 5.91 Å². The third-order valence-electron chi connectivity index (χ3n) is 3.31. The maximum atomic E-state index is 12.6. The summed E-state index contributed by atoms with van der Waals surface area (Å²) in [5.74, 6) is -1.29. The van der Waals surface area contributed by atoms with Crippen molar-refractivity contribution in [1.82, 2.24) is 0 Å². The van der Waals surface area contributed by atoms with Crippen molar-refractivity contribution in [2.75, 3.05) is 4.90 Å². The van der Waals surface area contributed by atoms with E-state index in [1.165, 1.54) is 23.1 Å². The van der Waals surface area contributed by atoms with Gasteiger partial charge in [-0.25, -0.2) is 4.79 Å². The Kier molecular flexibility index (Phi) is 4.37. The SMILES string of the molecule is O=C(O)c1cccc(N2C(=O)/C(=C/c3cccc(O)c3)SC2=S)c1. The van der Waals surface area contributed by atoms with Gasteiger partial charge in [0.1, 0.15) is 5.75 Å². The number of aromatic carboxylic acids is 1. The van der Waals surface area contributed by atoms with Crippen molar-refractivity contribution in [3.05, 3.63) is 64.6 Å². The Balaban J connectivity index is 1.95. The maximum absolute atomic E-state index is 12.6. The molecule has 0 radical (unpaired) electrons. The standard InChI is InChI=1S/C17H11NO4S2/c19-13-6-1-3-10(7-13)8-14-15(20)18(17(23)24-14)12-5-2-4-11(9-12)16(21)22/h1-9,19H,(H,21,22)/b14-8-. The number of carbonyl (C=O) groups is 2. The Morgan fingerprint density at radius 1 is 1.17 bits per heavy atom. The van der Waals surface area contributed by atoms with Gasteiger partial charge in [-0.1, -0.05) is 42.2 Å². The smallest absolute Gasteiger partial charge is 0.335 e. The molecule has 2 N–H and O–H groups in total. The van der Waals surface area contributed by atoms with E-state index in [1.807, 2.05) is 0 Å². The Labute approximate surface area is 147 Å². The van der Waals surface area contributed by atoms with Crippen LogP contribution < -0.4 is 4.90 Å². The van der Waals surface area contributed by atoms with E-state index < -0.39 is 5.97 Å². The summed E-state index contributed by atoms with van der Waals surface area (Å²) in [6.07, 6.45) is 1.64. The zero-order valence-corrected chi connectivity index (χ0v) is 13.8. The number of carboxylic acids is 1. The molecule has 0 atom stereocenters. The minimum atomic E-state index is -1.07. The van der Waals surface area contributed by atoms with Crippen molar-refractivity contribution < 1.29 is 19.8 Å². The van der Waals surface area contributed by atoms with Gasteiger partial charge in [0.05, 0.1) is 16.2 Å². The average Bonchev–Trinajstić information content (AvgIpc) is 2.81. The lowest BCUT2D eigenvalue weighted by atomic mass is 10.1. The fourth-order valence-corrected chi connectivity index (χ4v) is 3.53. The summed E-state index contributed by atoms with van der Waals surface area (Å²) in [5, 5.41) is 18.6. The van der Waals surface area contributed by atoms with Crippen molar-refractivity contribution in [3.63, 3.8) is 0 Å². The van der Waals surface area contributed by atoms with Crippen LogP contribution in [0.1, 0.15) is 15.9 Å². The fraction of sp³-hybridized carbons (Fsp3) is 0. The zero-order valence-electron chi connectivity index (χ0n) is 12.2. The lowest BCUT2D eigenvalue weighted by molar-refractivity contribution is -0.113. The molecule has 1 saturated heterocycles. The number of hydrogen-bond acceptors (Lipinski definition) is 5. The van der Waals surface area contributed by atoms with Crippen LogP contribution in [0.5, 0.6) is 5.75 Å². The van der Waals surface area contributed by atoms with Crippen LogP contribution in [0.3, 0.4) is 0 Å². The molecular weight excluding hydrogens is 346 g/mol. The topological polar surface area (TPSA) is 77.8 Å². The normalized spacial score (nSPS) is 16.0. The molecular formula is C17H11NO4S2. The van der Waals surface area contributed by atoms with E-state index in [2.05, 4.69) is 0 Å². The number of phenols is 1. The molecule has 0 spiro atoms. The molecule has 1 aliphatic rings. The highest BCUT2D eigenvalue weighted by molar-refractivity contribution is 8.27. The number of hydrogen-bond donors (Lipinski definition) is 2. The molecule has 24 heavy (non-hydrogen) atoms. The Morgan fingerprint density at radius 2 is 1.92 bits per heavy atom. The van der Waals surface area contributed by atoms with Crippen LogP contribution in [-0.2, 0) is 4.79 Å². The molecule has 0 aromatic heterocycles. The van der Waals surface area contributed by atoms with Crippen LogP contribution in [0.4, 0.5) is 5.69 Å². The monoisotopic (exact) mass is 357 g/mol. The third-order valence-corrected chi connectivity index (χ3v) is 4.62. The van der Waals surface area contributed by atoms with Gasteiger partial charge in [0, 0.05) is 0 Å². The van der Waals surface area contributed by atoms with Crippen molar-refractivity contribution >= 4 is 51.9 Å². The lowest BCUT2D eigenvalue weighted by Gasteiger charge is -2.14. The minimum Gasteiger partial charge on any atom is -0.508 e. The first-order chi connectivity index (χ1) is 11.5. The highest BCUT2D eigenvalue weighted by atomic mass is 32.2. The van der Waals surface area contributed by atoms with Crippen molar-refractivity contribution in [2.45, 2.75) is 0 Å². The van der Waals surface area contributed by atoms with Crippen LogP contribution in [0.2, 0.25) is 0 Å². The number of thiocarbonyl (C=S) groups is 1. The van der Waals surface area contributed by atoms with Gasteiger partial charge >= 0.3 is 5.97 Å². The quantitative estimate of drug-likeness (QED) is 0.647. The number of amides is 1. The first-order valence-corrected chi connectivity index (χ1v) is 8.08. The second kappa shape index (κ2) is 6.46. The predicted molar refractivity (Wildman–Crippen MR) is 97.2 cm³/mol. The number of aromatic hydroxyl groups is 1. The van der Waals surface area contributed by atoms with Crippen LogP contribution >= 0.6 is 24.0 Å². The largest absolute Gasteiger partial charge is 0.508 e. The van der Waals surface area contributed by atoms with Crippen molar-refractivity contribution in [2.24, 2.45) is 0 Å². The summed E-state index contributed by atoms with van der Waals surface area (Å²) in [4.78, 5) is 25.4. The number of rotatable bonds is 3. The van der Waals surface area contributed by atoms with Gasteiger partial charge in [-0.3, -0.25) is 9.69 Å². The molecule has 1 aliphatic heterocycles. The Bertz CT molecular complexity index is 892. The number of thioether (sulfide) groups is 1. The second-order valence-electron chi connectivity index (χ2n) is 4.97. The first kappa shape index (κ1) is 16.2. The summed E-state index contributed by atoms with van der Waals surface area (Å²) in [7, 11) is 0. The lowest BCUT2D eigenvalue weighted by Crippen LogP contribution is -2.27. The zero-order chi connectivity index (χ0) is 17.3. The van der Waals surface area contributed by atoms with Crippen molar-refractivity contribution in [1.29, 1.82) is 0 Å². The number of anilines is 1. The van der Waals surface area contributed by atoms with Crippen LogP contribution in [0.25, 0.3) is 6.08 Å². The highest BCUT2D eigenvalue weighted by Crippen LogP contribution is 2.36. The van der Waals surface area contributed by atoms with E-state index in [1.54, 1.807) is 36.4 Å². The molecule has 0 bridgehead atoms. The Morgan fingerprint density at radius 3 is 2.62 bits per heavy atom. The van der Waals surface area contributed by atoms with E-state index in [4.69, 9.17) is 17.3 Å². The van der Waals surface area contributed by atoms with E-state index in [0.29, 0.717) is 20.5 Å². The number of phenolic OH excluding ortho intramolecular Hbond substituents is 1. The van der Waals surface area contributed by atoms with Gasteiger partial charge in [-0.15, -0.1) is 0 Å². The molecule has 5 nitrogen and oxygen atoms in total. The molecule has 1 fully saturated rings. The highest BCUT2D eigenvalue weighted by Gasteiger charge is 2.33. The number of nitrogens with zero attached hydrogens (tertiary/aromatic N) is 1. The minimum absolute atomic E-state index is 0.0820. The van der Waals surface area contributed by atoms with E-state index in [9.17, 15) is 14.7 Å². The summed E-state index contributed by atoms with van der Waals surface area (Å²) >= 11 is 6.39. The molecule has 120 valence electrons. The van der Waals surface area contributed by atoms with E-state index >= 15 is 0 Å². The van der Waals surface area contributed by atoms with Crippen LogP contribution in [0.15, 0.2) is 53.4 Å². The molecule has 1 amide bonds. The second-order valence-corrected chi connectivity index (χ2v) is 6.64. The van der Waals surface area contributed by atoms with Crippen LogP contribution in [0, 0.1) is 0 Å². The predicted octanol–water partition coefficient (Wildman–Crippen LogP) is 3.50. The number of carbonyl (C=O) groups excluding carboxylic acids is 1. The van der Waals surface area contributed by atoms with Crippen molar-refractivity contribution in [3.8, 4) is 5.75 Å². The average molecular weight is 357 g/mol.